The normalized spacial score (nSPS) is 53.0. The Kier molecular flexibility index (Phi) is 1.51. The van der Waals surface area contributed by atoms with E-state index in [-0.39, 0.29) is 17.1 Å². The first kappa shape index (κ1) is 9.16. The van der Waals surface area contributed by atoms with E-state index in [0.29, 0.717) is 6.42 Å². The van der Waals surface area contributed by atoms with Crippen LogP contribution in [0.25, 0.3) is 0 Å². The lowest BCUT2D eigenvalue weighted by Crippen LogP contribution is -2.45. The van der Waals surface area contributed by atoms with Crippen LogP contribution < -0.4 is 0 Å². The van der Waals surface area contributed by atoms with Gasteiger partial charge in [-0.25, -0.2) is 0 Å². The molecular formula is C10H16O3. The summed E-state index contributed by atoms with van der Waals surface area (Å²) in [4.78, 5) is 11.7. The molecular weight excluding hydrogens is 168 g/mol. The third-order valence-electron chi connectivity index (χ3n) is 4.58. The molecule has 0 amide bonds. The zero-order chi connectivity index (χ0) is 10.0. The quantitative estimate of drug-likeness (QED) is 0.571. The van der Waals surface area contributed by atoms with E-state index in [1.54, 1.807) is 6.92 Å². The van der Waals surface area contributed by atoms with Crippen molar-refractivity contribution in [2.24, 2.45) is 16.7 Å². The van der Waals surface area contributed by atoms with Gasteiger partial charge in [-0.15, -0.1) is 0 Å². The molecule has 13 heavy (non-hydrogen) atoms. The first-order chi connectivity index (χ1) is 5.83. The van der Waals surface area contributed by atoms with Crippen molar-refractivity contribution in [3.8, 4) is 0 Å². The molecule has 0 aromatic carbocycles. The van der Waals surface area contributed by atoms with Crippen molar-refractivity contribution in [2.75, 3.05) is 0 Å². The molecule has 3 nitrogen and oxygen atoms in total. The van der Waals surface area contributed by atoms with Crippen LogP contribution in [-0.4, -0.2) is 28.2 Å². The molecule has 0 saturated heterocycles. The Hall–Kier alpha value is -0.410. The number of Topliss-reactive ketones (excluding diaryl/α,β-unsaturated/α-hetero) is 1. The zero-order valence-electron chi connectivity index (χ0n) is 8.24. The first-order valence-electron chi connectivity index (χ1n) is 4.73. The molecule has 0 radical (unpaired) electrons. The second-order valence-electron chi connectivity index (χ2n) is 5.09. The fourth-order valence-corrected chi connectivity index (χ4v) is 3.07. The summed E-state index contributed by atoms with van der Waals surface area (Å²) in [6, 6.07) is 0. The fraction of sp³-hybridized carbons (Fsp3) is 0.900. The topological polar surface area (TPSA) is 57.5 Å². The summed E-state index contributed by atoms with van der Waals surface area (Å²) in [6.45, 7) is 5.69. The second kappa shape index (κ2) is 2.15. The summed E-state index contributed by atoms with van der Waals surface area (Å²) >= 11 is 0. The molecule has 2 bridgehead atoms. The maximum atomic E-state index is 11.7. The highest BCUT2D eigenvalue weighted by atomic mass is 16.3. The molecule has 0 unspecified atom stereocenters. The van der Waals surface area contributed by atoms with Crippen molar-refractivity contribution >= 4 is 5.78 Å². The molecule has 2 aliphatic carbocycles. The van der Waals surface area contributed by atoms with E-state index < -0.39 is 17.6 Å². The van der Waals surface area contributed by atoms with Crippen LogP contribution in [-0.2, 0) is 4.79 Å². The van der Waals surface area contributed by atoms with Crippen molar-refractivity contribution < 1.29 is 15.0 Å². The maximum Gasteiger partial charge on any atom is 0.142 e. The first-order valence-corrected chi connectivity index (χ1v) is 4.73. The fourth-order valence-electron chi connectivity index (χ4n) is 3.07. The smallest absolute Gasteiger partial charge is 0.142 e. The molecule has 74 valence electrons. The van der Waals surface area contributed by atoms with Gasteiger partial charge < -0.3 is 10.2 Å². The van der Waals surface area contributed by atoms with E-state index in [2.05, 4.69) is 0 Å². The van der Waals surface area contributed by atoms with Crippen molar-refractivity contribution in [3.05, 3.63) is 0 Å². The summed E-state index contributed by atoms with van der Waals surface area (Å²) in [5.74, 6) is 0.0281. The summed E-state index contributed by atoms with van der Waals surface area (Å²) in [6.07, 6.45) is -1.19. The number of rotatable bonds is 0. The largest absolute Gasteiger partial charge is 0.390 e. The summed E-state index contributed by atoms with van der Waals surface area (Å²) in [7, 11) is 0. The van der Waals surface area contributed by atoms with Crippen LogP contribution in [0, 0.1) is 16.7 Å². The van der Waals surface area contributed by atoms with Gasteiger partial charge in [-0.3, -0.25) is 4.79 Å². The minimum Gasteiger partial charge on any atom is -0.390 e. The number of carbonyl (C=O) groups excluding carboxylic acids is 1. The number of aliphatic hydroxyl groups is 2. The average Bonchev–Trinajstić information content (AvgIpc) is 2.28. The Morgan fingerprint density at radius 3 is 2.15 bits per heavy atom. The van der Waals surface area contributed by atoms with Gasteiger partial charge in [-0.1, -0.05) is 13.8 Å². The summed E-state index contributed by atoms with van der Waals surface area (Å²) < 4.78 is 0. The highest BCUT2D eigenvalue weighted by molar-refractivity contribution is 5.90. The van der Waals surface area contributed by atoms with Gasteiger partial charge in [-0.05, 0) is 12.3 Å². The van der Waals surface area contributed by atoms with E-state index in [9.17, 15) is 15.0 Å². The van der Waals surface area contributed by atoms with Crippen molar-refractivity contribution in [1.29, 1.82) is 0 Å². The number of hydrogen-bond acceptors (Lipinski definition) is 3. The standard InChI is InChI=1S/C10H16O3/c1-9(2)5-4-6(11)10(9,3)8(13)7(5)12/h5,7-8,12-13H,4H2,1-3H3/t5-,7-,8+,10+/m1/s1. The summed E-state index contributed by atoms with van der Waals surface area (Å²) in [5.41, 5.74) is -1.01. The number of fused-ring (bicyclic) bond motifs is 2. The highest BCUT2D eigenvalue weighted by Crippen LogP contribution is 2.63. The summed E-state index contributed by atoms with van der Waals surface area (Å²) in [5, 5.41) is 19.5. The van der Waals surface area contributed by atoms with Gasteiger partial charge in [0.25, 0.3) is 0 Å². The van der Waals surface area contributed by atoms with Crippen molar-refractivity contribution in [2.45, 2.75) is 39.4 Å². The molecule has 2 saturated carbocycles. The minimum absolute atomic E-state index is 0.0694. The molecule has 0 aliphatic heterocycles. The van der Waals surface area contributed by atoms with Crippen LogP contribution in [0.2, 0.25) is 0 Å². The molecule has 0 aromatic heterocycles. The molecule has 0 aromatic rings. The van der Waals surface area contributed by atoms with E-state index in [1.165, 1.54) is 0 Å². The Bertz CT molecular complexity index is 271. The average molecular weight is 184 g/mol. The molecule has 2 rings (SSSR count). The van der Waals surface area contributed by atoms with Crippen LogP contribution in [0.3, 0.4) is 0 Å². The number of carbonyl (C=O) groups is 1. The molecule has 0 heterocycles. The maximum absolute atomic E-state index is 11.7. The van der Waals surface area contributed by atoms with E-state index in [4.69, 9.17) is 0 Å². The number of ketones is 1. The van der Waals surface area contributed by atoms with Gasteiger partial charge >= 0.3 is 0 Å². The molecule has 0 spiro atoms. The third-order valence-corrected chi connectivity index (χ3v) is 4.58. The third kappa shape index (κ3) is 0.716. The van der Waals surface area contributed by atoms with Gasteiger partial charge in [-0.2, -0.15) is 0 Å². The van der Waals surface area contributed by atoms with Gasteiger partial charge in [0.05, 0.1) is 17.6 Å². The number of hydrogen-bond donors (Lipinski definition) is 2. The monoisotopic (exact) mass is 184 g/mol. The molecule has 4 atom stereocenters. The van der Waals surface area contributed by atoms with E-state index >= 15 is 0 Å². The van der Waals surface area contributed by atoms with Crippen LogP contribution in [0.1, 0.15) is 27.2 Å². The van der Waals surface area contributed by atoms with Crippen LogP contribution in [0.4, 0.5) is 0 Å². The van der Waals surface area contributed by atoms with Gasteiger partial charge in [0.1, 0.15) is 5.78 Å². The van der Waals surface area contributed by atoms with Crippen molar-refractivity contribution in [3.63, 3.8) is 0 Å². The second-order valence-corrected chi connectivity index (χ2v) is 5.09. The van der Waals surface area contributed by atoms with Crippen LogP contribution >= 0.6 is 0 Å². The lowest BCUT2D eigenvalue weighted by molar-refractivity contribution is -0.140. The van der Waals surface area contributed by atoms with E-state index in [0.717, 1.165) is 0 Å². The van der Waals surface area contributed by atoms with Crippen LogP contribution in [0.5, 0.6) is 0 Å². The zero-order valence-corrected chi connectivity index (χ0v) is 8.24. The van der Waals surface area contributed by atoms with Gasteiger partial charge in [0.15, 0.2) is 0 Å². The predicted octanol–water partition coefficient (Wildman–Crippen LogP) is 0.343. The Morgan fingerprint density at radius 2 is 1.85 bits per heavy atom. The lowest BCUT2D eigenvalue weighted by Gasteiger charge is -2.34. The molecule has 2 N–H and O–H groups in total. The Balaban J connectivity index is 2.54. The van der Waals surface area contributed by atoms with Crippen molar-refractivity contribution in [1.82, 2.24) is 0 Å². The van der Waals surface area contributed by atoms with Gasteiger partial charge in [0, 0.05) is 12.3 Å². The van der Waals surface area contributed by atoms with E-state index in [1.807, 2.05) is 13.8 Å². The Labute approximate surface area is 77.8 Å². The Morgan fingerprint density at radius 1 is 1.31 bits per heavy atom. The molecule has 2 aliphatic rings. The number of aliphatic hydroxyl groups excluding tert-OH is 2. The predicted molar refractivity (Wildman–Crippen MR) is 47.0 cm³/mol. The highest BCUT2D eigenvalue weighted by Gasteiger charge is 2.70. The lowest BCUT2D eigenvalue weighted by atomic mass is 9.69. The van der Waals surface area contributed by atoms with Crippen LogP contribution in [0.15, 0.2) is 0 Å². The molecule has 3 heteroatoms. The SMILES string of the molecule is CC1(C)[C@@H]2CC(=O)[C@@]1(C)[C@@H](O)[C@@H]2O. The minimum atomic E-state index is -0.881. The molecule has 2 fully saturated rings. The van der Waals surface area contributed by atoms with Gasteiger partial charge in [0.2, 0.25) is 0 Å².